The minimum Gasteiger partial charge on any atom is -1.00 e. The van der Waals surface area contributed by atoms with E-state index in [1.54, 1.807) is 0 Å². The Morgan fingerprint density at radius 2 is 1.80 bits per heavy atom. The van der Waals surface area contributed by atoms with E-state index >= 15 is 0 Å². The minimum absolute atomic E-state index is 0. The maximum absolute atomic E-state index is 11.9. The summed E-state index contributed by atoms with van der Waals surface area (Å²) in [6, 6.07) is 0. The average molecular weight is 377 g/mol. The van der Waals surface area contributed by atoms with Gasteiger partial charge < -0.3 is 34.0 Å². The van der Waals surface area contributed by atoms with E-state index in [9.17, 15) is 4.39 Å². The van der Waals surface area contributed by atoms with Crippen molar-refractivity contribution in [2.45, 2.75) is 0 Å². The Hall–Kier alpha value is 0.968. The van der Waals surface area contributed by atoms with Crippen molar-refractivity contribution >= 4 is 24.4 Å². The summed E-state index contributed by atoms with van der Waals surface area (Å²) in [5, 5.41) is 0. The zero-order valence-corrected chi connectivity index (χ0v) is 10.6. The molecule has 0 atom stereocenters. The summed E-state index contributed by atoms with van der Waals surface area (Å²) in [5.41, 5.74) is 2.69. The second kappa shape index (κ2) is 9.97. The van der Waals surface area contributed by atoms with Crippen LogP contribution in [0.15, 0.2) is 29.8 Å². The van der Waals surface area contributed by atoms with Crippen molar-refractivity contribution in [2.24, 2.45) is 0 Å². The van der Waals surface area contributed by atoms with Crippen molar-refractivity contribution in [1.82, 2.24) is 0 Å². The summed E-state index contributed by atoms with van der Waals surface area (Å²) in [5.74, 6) is -0.209. The Morgan fingerprint density at radius 3 is 2.00 bits per heavy atom. The molecule has 1 aliphatic carbocycles. The Kier molecular flexibility index (Phi) is 17.1. The van der Waals surface area contributed by atoms with Gasteiger partial charge in [0.2, 0.25) is 0 Å². The van der Waals surface area contributed by atoms with Gasteiger partial charge in [0.15, 0.2) is 0 Å². The number of hydrogen-bond donors (Lipinski definition) is 0. The molecule has 4 radical (unpaired) electrons. The Bertz CT molecular complexity index is 159. The van der Waals surface area contributed by atoms with Crippen LogP contribution in [0.1, 0.15) is 0 Å². The molecule has 0 aromatic rings. The number of hydrogen-bond acceptors (Lipinski definition) is 0. The van der Waals surface area contributed by atoms with Crippen LogP contribution in [0.5, 0.6) is 0 Å². The maximum Gasteiger partial charge on any atom is 0.109 e. The maximum atomic E-state index is 11.9. The Morgan fingerprint density at radius 1 is 1.20 bits per heavy atom. The predicted molar refractivity (Wildman–Crippen MR) is 31.9 cm³/mol. The molecule has 1 rings (SSSR count). The van der Waals surface area contributed by atoms with Crippen molar-refractivity contribution in [2.75, 3.05) is 0 Å². The van der Waals surface area contributed by atoms with E-state index in [2.05, 4.69) is 5.73 Å². The van der Waals surface area contributed by atoms with Gasteiger partial charge in [0, 0.05) is 30.8 Å². The predicted octanol–water partition coefficient (Wildman–Crippen LogP) is -4.60. The van der Waals surface area contributed by atoms with Crippen molar-refractivity contribution in [3.05, 3.63) is 36.2 Å². The SMILES string of the molecule is FC1=CC=C=C[CH]1.[Br-].[Br-].[Sb]. The number of rotatable bonds is 0. The largest absolute Gasteiger partial charge is 1.00 e. The van der Waals surface area contributed by atoms with Gasteiger partial charge in [0.1, 0.15) is 5.83 Å². The first-order chi connectivity index (χ1) is 3.39. The van der Waals surface area contributed by atoms with E-state index in [0.29, 0.717) is 0 Å². The summed E-state index contributed by atoms with van der Waals surface area (Å²) in [6.45, 7) is 0. The van der Waals surface area contributed by atoms with Gasteiger partial charge in [-0.2, -0.15) is 0 Å². The van der Waals surface area contributed by atoms with Crippen LogP contribution >= 0.6 is 0 Å². The number of halogens is 3. The van der Waals surface area contributed by atoms with E-state index in [1.807, 2.05) is 0 Å². The molecular weight excluding hydrogens is 373 g/mol. The first-order valence-corrected chi connectivity index (χ1v) is 2.01. The summed E-state index contributed by atoms with van der Waals surface area (Å²) >= 11 is 0. The van der Waals surface area contributed by atoms with Crippen molar-refractivity contribution in [1.29, 1.82) is 0 Å². The third kappa shape index (κ3) is 7.08. The first kappa shape index (κ1) is 17.2. The number of allylic oxidation sites excluding steroid dienone is 3. The monoisotopic (exact) mass is 374 g/mol. The smallest absolute Gasteiger partial charge is 0.109 e. The molecule has 10 heavy (non-hydrogen) atoms. The normalized spacial score (nSPS) is 11.9. The van der Waals surface area contributed by atoms with Gasteiger partial charge in [-0.15, -0.1) is 5.73 Å². The summed E-state index contributed by atoms with van der Waals surface area (Å²) < 4.78 is 11.9. The van der Waals surface area contributed by atoms with Crippen LogP contribution in [0, 0.1) is 6.42 Å². The molecule has 56 valence electrons. The second-order valence-electron chi connectivity index (χ2n) is 1.22. The molecule has 0 spiro atoms. The van der Waals surface area contributed by atoms with Crippen LogP contribution < -0.4 is 34.0 Å². The van der Waals surface area contributed by atoms with Gasteiger partial charge in [-0.05, 0) is 18.2 Å². The van der Waals surface area contributed by atoms with Gasteiger partial charge in [0.05, 0.1) is 0 Å². The van der Waals surface area contributed by atoms with E-state index < -0.39 is 0 Å². The topological polar surface area (TPSA) is 0 Å². The fourth-order valence-corrected chi connectivity index (χ4v) is 0.367. The van der Waals surface area contributed by atoms with Crippen molar-refractivity contribution in [3.63, 3.8) is 0 Å². The molecule has 0 fully saturated rings. The summed E-state index contributed by atoms with van der Waals surface area (Å²) in [7, 11) is 0. The van der Waals surface area contributed by atoms with Gasteiger partial charge in [-0.1, -0.05) is 0 Å². The molecule has 0 saturated heterocycles. The van der Waals surface area contributed by atoms with Crippen LogP contribution in [0.2, 0.25) is 0 Å². The summed E-state index contributed by atoms with van der Waals surface area (Å²) in [6.07, 6.45) is 5.80. The molecule has 4 heteroatoms. The molecule has 0 saturated carbocycles. The molecule has 0 amide bonds. The molecule has 0 unspecified atom stereocenters. The molecule has 0 bridgehead atoms. The van der Waals surface area contributed by atoms with E-state index in [-0.39, 0.29) is 64.2 Å². The van der Waals surface area contributed by atoms with Crippen LogP contribution in [0.25, 0.3) is 0 Å². The van der Waals surface area contributed by atoms with Crippen LogP contribution in [-0.4, -0.2) is 24.4 Å². The molecule has 0 nitrogen and oxygen atoms in total. The third-order valence-electron chi connectivity index (χ3n) is 0.678. The molecular formula is C6H4Br2FSb-2. The van der Waals surface area contributed by atoms with E-state index in [0.717, 1.165) is 0 Å². The molecule has 0 aromatic carbocycles. The fraction of sp³-hybridized carbons (Fsp3) is 0. The van der Waals surface area contributed by atoms with E-state index in [1.165, 1.54) is 24.6 Å². The molecule has 0 aliphatic heterocycles. The zero-order valence-electron chi connectivity index (χ0n) is 4.89. The van der Waals surface area contributed by atoms with Gasteiger partial charge in [0.25, 0.3) is 0 Å². The third-order valence-corrected chi connectivity index (χ3v) is 0.678. The van der Waals surface area contributed by atoms with Crippen LogP contribution in [-0.2, 0) is 0 Å². The van der Waals surface area contributed by atoms with Gasteiger partial charge in [-0.25, -0.2) is 4.39 Å². The van der Waals surface area contributed by atoms with Crippen molar-refractivity contribution in [3.8, 4) is 0 Å². The second-order valence-corrected chi connectivity index (χ2v) is 1.22. The van der Waals surface area contributed by atoms with E-state index in [4.69, 9.17) is 0 Å². The summed E-state index contributed by atoms with van der Waals surface area (Å²) in [4.78, 5) is 0. The van der Waals surface area contributed by atoms with Crippen LogP contribution in [0.3, 0.4) is 0 Å². The van der Waals surface area contributed by atoms with Crippen LogP contribution in [0.4, 0.5) is 4.39 Å². The Balaban J connectivity index is -0.000000163. The molecule has 0 N–H and O–H groups in total. The first-order valence-electron chi connectivity index (χ1n) is 2.01. The van der Waals surface area contributed by atoms with Gasteiger partial charge in [-0.3, -0.25) is 0 Å². The standard InChI is InChI=1S/C6H4F.2BrH.Sb/c7-6-4-2-1-3-5-6;;;/h2-5H;2*1H;/p-2. The quantitative estimate of drug-likeness (QED) is 0.295. The molecule has 0 aromatic heterocycles. The van der Waals surface area contributed by atoms with Gasteiger partial charge >= 0.3 is 0 Å². The minimum atomic E-state index is -0.209. The zero-order chi connectivity index (χ0) is 5.11. The Labute approximate surface area is 98.3 Å². The molecule has 0 heterocycles. The average Bonchev–Trinajstić information content (AvgIpc) is 1.69. The fourth-order valence-electron chi connectivity index (χ4n) is 0.367. The van der Waals surface area contributed by atoms with Crippen molar-refractivity contribution < 1.29 is 38.4 Å². The molecule has 1 aliphatic rings.